The Kier molecular flexibility index (Phi) is 9.29. The van der Waals surface area contributed by atoms with E-state index in [4.69, 9.17) is 30.5 Å². The van der Waals surface area contributed by atoms with Crippen molar-refractivity contribution in [2.24, 2.45) is 0 Å². The summed E-state index contributed by atoms with van der Waals surface area (Å²) >= 11 is 6.34. The highest BCUT2D eigenvalue weighted by Crippen LogP contribution is 2.46. The molecule has 1 aliphatic heterocycles. The Morgan fingerprint density at radius 1 is 1.03 bits per heavy atom. The number of ether oxygens (including phenoxy) is 4. The van der Waals surface area contributed by atoms with Gasteiger partial charge in [-0.25, -0.2) is 0 Å². The number of hydrogen-bond donors (Lipinski definition) is 1. The molecule has 0 aromatic heterocycles. The first-order chi connectivity index (χ1) is 17.7. The molecule has 2 aromatic rings. The summed E-state index contributed by atoms with van der Waals surface area (Å²) in [4.78, 5) is 30.0. The smallest absolute Gasteiger partial charge is 0.295 e. The fourth-order valence-electron chi connectivity index (χ4n) is 4.35. The highest BCUT2D eigenvalue weighted by Gasteiger charge is 2.46. The molecule has 37 heavy (non-hydrogen) atoms. The molecule has 10 heteroatoms. The number of aliphatic hydroxyl groups is 1. The summed E-state index contributed by atoms with van der Waals surface area (Å²) in [5, 5.41) is 11.6. The van der Waals surface area contributed by atoms with Gasteiger partial charge >= 0.3 is 0 Å². The van der Waals surface area contributed by atoms with Crippen LogP contribution in [0.25, 0.3) is 5.76 Å². The van der Waals surface area contributed by atoms with E-state index in [1.54, 1.807) is 24.3 Å². The van der Waals surface area contributed by atoms with E-state index in [9.17, 15) is 14.7 Å². The summed E-state index contributed by atoms with van der Waals surface area (Å²) < 4.78 is 21.9. The van der Waals surface area contributed by atoms with Gasteiger partial charge in [0.2, 0.25) is 5.75 Å². The Labute approximate surface area is 222 Å². The Hall–Kier alpha value is -3.43. The van der Waals surface area contributed by atoms with Crippen LogP contribution in [0, 0.1) is 0 Å². The predicted octanol–water partition coefficient (Wildman–Crippen LogP) is 4.14. The van der Waals surface area contributed by atoms with Gasteiger partial charge in [-0.05, 0) is 69.9 Å². The normalized spacial score (nSPS) is 16.9. The average molecular weight is 533 g/mol. The van der Waals surface area contributed by atoms with Gasteiger partial charge in [0.15, 0.2) is 11.5 Å². The fourth-order valence-corrected chi connectivity index (χ4v) is 4.59. The van der Waals surface area contributed by atoms with Gasteiger partial charge in [0.1, 0.15) is 11.5 Å². The number of hydrogen-bond acceptors (Lipinski definition) is 8. The number of benzene rings is 2. The molecule has 2 aromatic carbocycles. The molecule has 1 N–H and O–H groups in total. The largest absolute Gasteiger partial charge is 0.507 e. The number of rotatable bonds is 11. The summed E-state index contributed by atoms with van der Waals surface area (Å²) in [5.74, 6) is -0.276. The molecule has 200 valence electrons. The summed E-state index contributed by atoms with van der Waals surface area (Å²) in [6.45, 7) is 3.26. The van der Waals surface area contributed by atoms with E-state index < -0.39 is 17.7 Å². The molecule has 0 spiro atoms. The quantitative estimate of drug-likeness (QED) is 0.262. The average Bonchev–Trinajstić information content (AvgIpc) is 3.13. The monoisotopic (exact) mass is 532 g/mol. The minimum Gasteiger partial charge on any atom is -0.507 e. The number of Topliss-reactive ketones (excluding diaryl/α,β-unsaturated/α-hetero) is 1. The lowest BCUT2D eigenvalue weighted by Crippen LogP contribution is -2.32. The zero-order valence-electron chi connectivity index (χ0n) is 22.0. The molecule has 1 fully saturated rings. The van der Waals surface area contributed by atoms with E-state index >= 15 is 0 Å². The number of methoxy groups -OCH3 is 3. The van der Waals surface area contributed by atoms with Crippen LogP contribution in [0.2, 0.25) is 5.02 Å². The van der Waals surface area contributed by atoms with Crippen molar-refractivity contribution >= 4 is 29.1 Å². The van der Waals surface area contributed by atoms with Crippen LogP contribution < -0.4 is 18.9 Å². The van der Waals surface area contributed by atoms with Gasteiger partial charge < -0.3 is 33.9 Å². The minimum absolute atomic E-state index is 0.0515. The van der Waals surface area contributed by atoms with Crippen LogP contribution in [0.5, 0.6) is 23.0 Å². The van der Waals surface area contributed by atoms with Gasteiger partial charge in [-0.2, -0.15) is 0 Å². The van der Waals surface area contributed by atoms with Gasteiger partial charge in [0.05, 0.1) is 44.6 Å². The molecular weight excluding hydrogens is 500 g/mol. The maximum atomic E-state index is 13.3. The molecule has 3 rings (SSSR count). The van der Waals surface area contributed by atoms with Crippen molar-refractivity contribution in [3.8, 4) is 23.0 Å². The van der Waals surface area contributed by atoms with Crippen LogP contribution in [-0.2, 0) is 9.59 Å². The maximum absolute atomic E-state index is 13.3. The van der Waals surface area contributed by atoms with E-state index in [1.807, 2.05) is 25.9 Å². The number of aliphatic hydroxyl groups excluding tert-OH is 1. The van der Waals surface area contributed by atoms with Gasteiger partial charge in [-0.1, -0.05) is 11.6 Å². The second-order valence-corrected chi connectivity index (χ2v) is 9.09. The van der Waals surface area contributed by atoms with Crippen molar-refractivity contribution in [2.45, 2.75) is 19.4 Å². The van der Waals surface area contributed by atoms with Crippen molar-refractivity contribution in [1.82, 2.24) is 9.80 Å². The molecule has 9 nitrogen and oxygen atoms in total. The molecule has 1 aliphatic rings. The molecule has 1 saturated heterocycles. The highest BCUT2D eigenvalue weighted by molar-refractivity contribution is 6.46. The lowest BCUT2D eigenvalue weighted by Gasteiger charge is -2.27. The number of nitrogens with zero attached hydrogens (tertiary/aromatic N) is 2. The summed E-state index contributed by atoms with van der Waals surface area (Å²) in [5.41, 5.74) is 0.763. The van der Waals surface area contributed by atoms with Crippen molar-refractivity contribution in [3.05, 3.63) is 52.1 Å². The van der Waals surface area contributed by atoms with Crippen LogP contribution >= 0.6 is 11.6 Å². The van der Waals surface area contributed by atoms with Crippen LogP contribution in [0.1, 0.15) is 30.5 Å². The molecule has 1 amide bonds. The third-order valence-corrected chi connectivity index (χ3v) is 6.35. The highest BCUT2D eigenvalue weighted by atomic mass is 35.5. The van der Waals surface area contributed by atoms with Crippen LogP contribution in [0.15, 0.2) is 35.9 Å². The second-order valence-electron chi connectivity index (χ2n) is 8.69. The van der Waals surface area contributed by atoms with Crippen molar-refractivity contribution in [1.29, 1.82) is 0 Å². The molecule has 0 radical (unpaired) electrons. The molecule has 1 heterocycles. The van der Waals surface area contributed by atoms with Gasteiger partial charge in [-0.15, -0.1) is 0 Å². The van der Waals surface area contributed by atoms with E-state index in [0.717, 1.165) is 0 Å². The van der Waals surface area contributed by atoms with Crippen molar-refractivity contribution in [2.75, 3.05) is 55.1 Å². The number of halogens is 1. The standard InChI is InChI=1S/C27H33ClN2O7/c1-7-37-19-10-9-16(13-18(19)28)24(31)22-23(30(27(33)25(22)32)12-8-11-29(2)3)17-14-20(34-4)26(36-6)21(15-17)35-5/h9-10,13-15,23,31H,7-8,11-12H2,1-6H3/t23-/m0/s1. The first kappa shape index (κ1) is 28.1. The number of likely N-dealkylation sites (tertiary alicyclic amines) is 1. The summed E-state index contributed by atoms with van der Waals surface area (Å²) in [6, 6.07) is 7.18. The first-order valence-electron chi connectivity index (χ1n) is 11.8. The Morgan fingerprint density at radius 2 is 1.68 bits per heavy atom. The zero-order valence-corrected chi connectivity index (χ0v) is 22.7. The summed E-state index contributed by atoms with van der Waals surface area (Å²) in [6.07, 6.45) is 0.621. The number of amides is 1. The Morgan fingerprint density at radius 3 is 2.19 bits per heavy atom. The molecular formula is C27H33ClN2O7. The Balaban J connectivity index is 2.21. The van der Waals surface area contributed by atoms with E-state index in [2.05, 4.69) is 0 Å². The van der Waals surface area contributed by atoms with Crippen molar-refractivity contribution in [3.63, 3.8) is 0 Å². The number of carbonyl (C=O) groups is 2. The molecule has 1 atom stereocenters. The first-order valence-corrected chi connectivity index (χ1v) is 12.2. The third-order valence-electron chi connectivity index (χ3n) is 6.05. The molecule has 0 aliphatic carbocycles. The SMILES string of the molecule is CCOc1ccc(C(O)=C2C(=O)C(=O)N(CCCN(C)C)[C@H]2c2cc(OC)c(OC)c(OC)c2)cc1Cl. The van der Waals surface area contributed by atoms with Crippen LogP contribution in [0.3, 0.4) is 0 Å². The lowest BCUT2D eigenvalue weighted by atomic mass is 9.94. The molecule has 0 bridgehead atoms. The number of ketones is 1. The van der Waals surface area contributed by atoms with Crippen molar-refractivity contribution < 1.29 is 33.6 Å². The third kappa shape index (κ3) is 5.78. The van der Waals surface area contributed by atoms with Crippen LogP contribution in [0.4, 0.5) is 0 Å². The minimum atomic E-state index is -0.888. The maximum Gasteiger partial charge on any atom is 0.295 e. The second kappa shape index (κ2) is 12.2. The summed E-state index contributed by atoms with van der Waals surface area (Å²) in [7, 11) is 8.32. The van der Waals surface area contributed by atoms with E-state index in [1.165, 1.54) is 32.3 Å². The topological polar surface area (TPSA) is 97.8 Å². The van der Waals surface area contributed by atoms with E-state index in [-0.39, 0.29) is 21.9 Å². The van der Waals surface area contributed by atoms with Gasteiger partial charge in [0.25, 0.3) is 11.7 Å². The fraction of sp³-hybridized carbons (Fsp3) is 0.407. The van der Waals surface area contributed by atoms with E-state index in [0.29, 0.717) is 54.7 Å². The Bertz CT molecular complexity index is 1170. The molecule has 0 unspecified atom stereocenters. The predicted molar refractivity (Wildman–Crippen MR) is 141 cm³/mol. The van der Waals surface area contributed by atoms with Crippen LogP contribution in [-0.4, -0.2) is 81.7 Å². The van der Waals surface area contributed by atoms with Gasteiger partial charge in [0, 0.05) is 12.1 Å². The van der Waals surface area contributed by atoms with Gasteiger partial charge in [-0.3, -0.25) is 9.59 Å². The number of carbonyl (C=O) groups excluding carboxylic acids is 2. The molecule has 0 saturated carbocycles. The zero-order chi connectivity index (χ0) is 27.3. The lowest BCUT2D eigenvalue weighted by molar-refractivity contribution is -0.139.